The van der Waals surface area contributed by atoms with Crippen LogP contribution in [0.2, 0.25) is 0 Å². The standard InChI is InChI=1S/C22H23F2N5O2/c1-14-7-19(31-12-21(30)28-5-3-4-6-28)11-20(15(14)2)26-22-25-13-29(27-22)18-9-16(23)8-17(24)10-18/h7-11,13H,3-6,12H2,1-2H3,(H,26,27). The minimum absolute atomic E-state index is 0.0139. The average Bonchev–Trinajstić information content (AvgIpc) is 3.41. The van der Waals surface area contributed by atoms with Gasteiger partial charge < -0.3 is 15.0 Å². The molecule has 0 spiro atoms. The van der Waals surface area contributed by atoms with Crippen LogP contribution in [0.3, 0.4) is 0 Å². The lowest BCUT2D eigenvalue weighted by atomic mass is 10.1. The van der Waals surface area contributed by atoms with E-state index in [2.05, 4.69) is 15.4 Å². The Bertz CT molecular complexity index is 1090. The van der Waals surface area contributed by atoms with Gasteiger partial charge in [-0.05, 0) is 56.0 Å². The van der Waals surface area contributed by atoms with Crippen LogP contribution in [0.4, 0.5) is 20.4 Å². The van der Waals surface area contributed by atoms with Crippen LogP contribution in [-0.2, 0) is 4.79 Å². The summed E-state index contributed by atoms with van der Waals surface area (Å²) in [6, 6.07) is 6.79. The molecule has 4 rings (SSSR count). The Labute approximate surface area is 178 Å². The number of nitrogens with one attached hydrogen (secondary N) is 1. The summed E-state index contributed by atoms with van der Waals surface area (Å²) in [7, 11) is 0. The molecule has 0 atom stereocenters. The van der Waals surface area contributed by atoms with Gasteiger partial charge in [0, 0.05) is 30.9 Å². The van der Waals surface area contributed by atoms with E-state index in [0.29, 0.717) is 11.4 Å². The Balaban J connectivity index is 1.49. The minimum atomic E-state index is -0.695. The van der Waals surface area contributed by atoms with E-state index in [9.17, 15) is 13.6 Å². The maximum Gasteiger partial charge on any atom is 0.260 e. The van der Waals surface area contributed by atoms with Gasteiger partial charge in [-0.2, -0.15) is 4.98 Å². The topological polar surface area (TPSA) is 72.3 Å². The van der Waals surface area contributed by atoms with Gasteiger partial charge >= 0.3 is 0 Å². The Morgan fingerprint density at radius 3 is 2.52 bits per heavy atom. The van der Waals surface area contributed by atoms with Crippen molar-refractivity contribution >= 4 is 17.5 Å². The SMILES string of the molecule is Cc1cc(OCC(=O)N2CCCC2)cc(Nc2ncn(-c3cc(F)cc(F)c3)n2)c1C. The van der Waals surface area contributed by atoms with E-state index >= 15 is 0 Å². The molecule has 9 heteroatoms. The summed E-state index contributed by atoms with van der Waals surface area (Å²) < 4.78 is 34.0. The third-order valence-electron chi connectivity index (χ3n) is 5.31. The second-order valence-electron chi connectivity index (χ2n) is 7.55. The molecule has 1 aliphatic heterocycles. The fourth-order valence-corrected chi connectivity index (χ4v) is 3.48. The fourth-order valence-electron chi connectivity index (χ4n) is 3.48. The number of likely N-dealkylation sites (tertiary alicyclic amines) is 1. The normalized spacial score (nSPS) is 13.5. The van der Waals surface area contributed by atoms with Gasteiger partial charge in [-0.25, -0.2) is 13.5 Å². The van der Waals surface area contributed by atoms with Gasteiger partial charge in [-0.15, -0.1) is 5.10 Å². The summed E-state index contributed by atoms with van der Waals surface area (Å²) in [6.45, 7) is 5.43. The molecule has 31 heavy (non-hydrogen) atoms. The number of nitrogens with zero attached hydrogens (tertiary/aromatic N) is 4. The number of benzene rings is 2. The number of hydrogen-bond acceptors (Lipinski definition) is 5. The molecule has 1 aromatic heterocycles. The first-order valence-electron chi connectivity index (χ1n) is 10.1. The molecule has 2 aromatic carbocycles. The first-order valence-corrected chi connectivity index (χ1v) is 10.1. The highest BCUT2D eigenvalue weighted by Gasteiger charge is 2.18. The number of hydrogen-bond donors (Lipinski definition) is 1. The maximum atomic E-state index is 13.5. The number of aromatic nitrogens is 3. The summed E-state index contributed by atoms with van der Waals surface area (Å²) in [5, 5.41) is 7.35. The van der Waals surface area contributed by atoms with Gasteiger partial charge in [0.2, 0.25) is 5.95 Å². The molecular formula is C22H23F2N5O2. The van der Waals surface area contributed by atoms with E-state index < -0.39 is 11.6 Å². The van der Waals surface area contributed by atoms with Crippen molar-refractivity contribution in [1.82, 2.24) is 19.7 Å². The molecule has 1 amide bonds. The number of halogens is 2. The van der Waals surface area contributed by atoms with E-state index in [0.717, 1.165) is 43.1 Å². The van der Waals surface area contributed by atoms with Crippen LogP contribution in [0.25, 0.3) is 5.69 Å². The number of aryl methyl sites for hydroxylation is 1. The Morgan fingerprint density at radius 2 is 1.81 bits per heavy atom. The van der Waals surface area contributed by atoms with E-state index in [1.165, 1.54) is 23.1 Å². The van der Waals surface area contributed by atoms with Crippen LogP contribution in [0.1, 0.15) is 24.0 Å². The van der Waals surface area contributed by atoms with E-state index in [4.69, 9.17) is 4.74 Å². The molecule has 0 unspecified atom stereocenters. The van der Waals surface area contributed by atoms with E-state index in [-0.39, 0.29) is 24.1 Å². The minimum Gasteiger partial charge on any atom is -0.484 e. The summed E-state index contributed by atoms with van der Waals surface area (Å²) in [6.07, 6.45) is 3.44. The summed E-state index contributed by atoms with van der Waals surface area (Å²) in [5.41, 5.74) is 2.88. The van der Waals surface area contributed by atoms with Crippen LogP contribution < -0.4 is 10.1 Å². The molecule has 0 aliphatic carbocycles. The monoisotopic (exact) mass is 427 g/mol. The van der Waals surface area contributed by atoms with Crippen molar-refractivity contribution in [1.29, 1.82) is 0 Å². The lowest BCUT2D eigenvalue weighted by molar-refractivity contribution is -0.132. The highest BCUT2D eigenvalue weighted by Crippen LogP contribution is 2.28. The predicted molar refractivity (Wildman–Crippen MR) is 112 cm³/mol. The zero-order valence-electron chi connectivity index (χ0n) is 17.4. The van der Waals surface area contributed by atoms with Crippen molar-refractivity contribution in [2.24, 2.45) is 0 Å². The lowest BCUT2D eigenvalue weighted by Gasteiger charge is -2.17. The molecule has 1 saturated heterocycles. The van der Waals surface area contributed by atoms with Gasteiger partial charge in [0.05, 0.1) is 5.69 Å². The van der Waals surface area contributed by atoms with Gasteiger partial charge in [0.1, 0.15) is 23.7 Å². The molecule has 1 N–H and O–H groups in total. The predicted octanol–water partition coefficient (Wildman–Crippen LogP) is 3.91. The largest absolute Gasteiger partial charge is 0.484 e. The number of rotatable bonds is 6. The molecule has 0 saturated carbocycles. The van der Waals surface area contributed by atoms with Crippen LogP contribution in [-0.4, -0.2) is 45.3 Å². The molecule has 2 heterocycles. The van der Waals surface area contributed by atoms with Gasteiger partial charge in [0.25, 0.3) is 5.91 Å². The van der Waals surface area contributed by atoms with E-state index in [1.807, 2.05) is 24.8 Å². The molecule has 0 radical (unpaired) electrons. The smallest absolute Gasteiger partial charge is 0.260 e. The molecule has 3 aromatic rings. The van der Waals surface area contributed by atoms with Crippen LogP contribution in [0.5, 0.6) is 5.75 Å². The fraction of sp³-hybridized carbons (Fsp3) is 0.318. The van der Waals surface area contributed by atoms with Crippen LogP contribution in [0.15, 0.2) is 36.7 Å². The number of carbonyl (C=O) groups is 1. The highest BCUT2D eigenvalue weighted by atomic mass is 19.1. The summed E-state index contributed by atoms with van der Waals surface area (Å²) in [5.74, 6) is -0.588. The van der Waals surface area contributed by atoms with Gasteiger partial charge in [0.15, 0.2) is 6.61 Å². The van der Waals surface area contributed by atoms with Gasteiger partial charge in [-0.3, -0.25) is 4.79 Å². The van der Waals surface area contributed by atoms with Crippen molar-refractivity contribution in [2.75, 3.05) is 25.0 Å². The molecule has 1 fully saturated rings. The number of carbonyl (C=O) groups excluding carboxylic acids is 1. The lowest BCUT2D eigenvalue weighted by Crippen LogP contribution is -2.32. The van der Waals surface area contributed by atoms with E-state index in [1.54, 1.807) is 6.07 Å². The molecule has 1 aliphatic rings. The summed E-state index contributed by atoms with van der Waals surface area (Å²) in [4.78, 5) is 18.2. The number of amides is 1. The van der Waals surface area contributed by atoms with Crippen molar-refractivity contribution < 1.29 is 18.3 Å². The highest BCUT2D eigenvalue weighted by molar-refractivity contribution is 5.78. The van der Waals surface area contributed by atoms with Crippen molar-refractivity contribution in [2.45, 2.75) is 26.7 Å². The number of anilines is 2. The third kappa shape index (κ3) is 4.82. The van der Waals surface area contributed by atoms with Crippen LogP contribution >= 0.6 is 0 Å². The zero-order valence-corrected chi connectivity index (χ0v) is 17.4. The Morgan fingerprint density at radius 1 is 1.10 bits per heavy atom. The first-order chi connectivity index (χ1) is 14.9. The van der Waals surface area contributed by atoms with Gasteiger partial charge in [-0.1, -0.05) is 0 Å². The molecular weight excluding hydrogens is 404 g/mol. The summed E-state index contributed by atoms with van der Waals surface area (Å²) >= 11 is 0. The first kappa shape index (κ1) is 20.8. The molecule has 7 nitrogen and oxygen atoms in total. The molecule has 162 valence electrons. The van der Waals surface area contributed by atoms with Crippen molar-refractivity contribution in [3.05, 3.63) is 59.4 Å². The quantitative estimate of drug-likeness (QED) is 0.646. The second kappa shape index (κ2) is 8.71. The second-order valence-corrected chi connectivity index (χ2v) is 7.55. The van der Waals surface area contributed by atoms with Crippen LogP contribution in [0, 0.1) is 25.5 Å². The van der Waals surface area contributed by atoms with Crippen molar-refractivity contribution in [3.63, 3.8) is 0 Å². The zero-order chi connectivity index (χ0) is 22.0. The number of ether oxygens (including phenoxy) is 1. The third-order valence-corrected chi connectivity index (χ3v) is 5.31. The van der Waals surface area contributed by atoms with Crippen molar-refractivity contribution in [3.8, 4) is 11.4 Å². The Hall–Kier alpha value is -3.49. The average molecular weight is 427 g/mol. The maximum absolute atomic E-state index is 13.5. The Kier molecular flexibility index (Phi) is 5.83. The molecule has 0 bridgehead atoms.